The van der Waals surface area contributed by atoms with Crippen molar-refractivity contribution in [3.63, 3.8) is 0 Å². The molecule has 0 bridgehead atoms. The lowest BCUT2D eigenvalue weighted by atomic mass is 10.4. The number of hydrogen-bond donors (Lipinski definition) is 0. The zero-order chi connectivity index (χ0) is 7.82. The van der Waals surface area contributed by atoms with Crippen molar-refractivity contribution in [1.82, 2.24) is 0 Å². The fraction of sp³-hybridized carbons (Fsp3) is 1.00. The molecule has 3 nitrogen and oxygen atoms in total. The first-order chi connectivity index (χ1) is 4.77. The SMILES string of the molecule is CCCCOCCS(=O)[O-]. The van der Waals surface area contributed by atoms with Gasteiger partial charge in [-0.3, -0.25) is 4.21 Å². The molecule has 1 atom stereocenters. The standard InChI is InChI=1S/C6H14O3S/c1-2-3-4-9-5-6-10(7)8/h2-6H2,1H3,(H,7,8)/p-1. The molecule has 0 aliphatic heterocycles. The van der Waals surface area contributed by atoms with Gasteiger partial charge in [0.25, 0.3) is 0 Å². The van der Waals surface area contributed by atoms with E-state index < -0.39 is 11.1 Å². The van der Waals surface area contributed by atoms with Gasteiger partial charge in [0.1, 0.15) is 0 Å². The van der Waals surface area contributed by atoms with E-state index in [4.69, 9.17) is 4.74 Å². The maximum absolute atomic E-state index is 9.95. The van der Waals surface area contributed by atoms with E-state index in [1.807, 2.05) is 0 Å². The second kappa shape index (κ2) is 7.18. The largest absolute Gasteiger partial charge is 0.772 e. The van der Waals surface area contributed by atoms with Gasteiger partial charge in [-0.1, -0.05) is 24.4 Å². The molecule has 0 aliphatic rings. The van der Waals surface area contributed by atoms with Gasteiger partial charge < -0.3 is 9.29 Å². The Morgan fingerprint density at radius 1 is 1.50 bits per heavy atom. The third-order valence-corrected chi connectivity index (χ3v) is 1.54. The highest BCUT2D eigenvalue weighted by Crippen LogP contribution is 1.87. The smallest absolute Gasteiger partial charge is 0.0570 e. The zero-order valence-electron chi connectivity index (χ0n) is 6.17. The fourth-order valence-corrected chi connectivity index (χ4v) is 0.729. The van der Waals surface area contributed by atoms with Gasteiger partial charge in [0.15, 0.2) is 0 Å². The summed E-state index contributed by atoms with van der Waals surface area (Å²) in [6, 6.07) is 0. The van der Waals surface area contributed by atoms with E-state index in [0.29, 0.717) is 13.2 Å². The maximum atomic E-state index is 9.95. The van der Waals surface area contributed by atoms with Crippen molar-refractivity contribution >= 4 is 11.1 Å². The predicted octanol–water partition coefficient (Wildman–Crippen LogP) is 0.682. The van der Waals surface area contributed by atoms with Crippen molar-refractivity contribution < 1.29 is 13.5 Å². The van der Waals surface area contributed by atoms with Crippen molar-refractivity contribution in [1.29, 1.82) is 0 Å². The van der Waals surface area contributed by atoms with E-state index in [9.17, 15) is 8.76 Å². The summed E-state index contributed by atoms with van der Waals surface area (Å²) >= 11 is -1.95. The second-order valence-electron chi connectivity index (χ2n) is 1.97. The van der Waals surface area contributed by atoms with Gasteiger partial charge in [0.2, 0.25) is 0 Å². The Hall–Kier alpha value is 0.0700. The van der Waals surface area contributed by atoms with Gasteiger partial charge in [-0.2, -0.15) is 0 Å². The van der Waals surface area contributed by atoms with Gasteiger partial charge in [-0.05, 0) is 6.42 Å². The van der Waals surface area contributed by atoms with Crippen molar-refractivity contribution in [2.75, 3.05) is 19.0 Å². The molecule has 0 aliphatic carbocycles. The summed E-state index contributed by atoms with van der Waals surface area (Å²) in [7, 11) is 0. The van der Waals surface area contributed by atoms with E-state index in [0.717, 1.165) is 12.8 Å². The average Bonchev–Trinajstić information content (AvgIpc) is 1.87. The molecule has 1 unspecified atom stereocenters. The first kappa shape index (κ1) is 10.1. The molecule has 4 heteroatoms. The average molecular weight is 165 g/mol. The molecule has 0 spiro atoms. The van der Waals surface area contributed by atoms with Crippen LogP contribution in [0.4, 0.5) is 0 Å². The van der Waals surface area contributed by atoms with E-state index >= 15 is 0 Å². The number of unbranched alkanes of at least 4 members (excludes halogenated alkanes) is 1. The molecular weight excluding hydrogens is 152 g/mol. The summed E-state index contributed by atoms with van der Waals surface area (Å²) in [6.07, 6.45) is 2.09. The summed E-state index contributed by atoms with van der Waals surface area (Å²) in [5.41, 5.74) is 0. The van der Waals surface area contributed by atoms with Gasteiger partial charge in [-0.25, -0.2) is 0 Å². The van der Waals surface area contributed by atoms with Crippen LogP contribution in [0.5, 0.6) is 0 Å². The molecule has 0 fully saturated rings. The molecule has 0 N–H and O–H groups in total. The van der Waals surface area contributed by atoms with E-state index in [1.54, 1.807) is 0 Å². The Balaban J connectivity index is 2.84. The van der Waals surface area contributed by atoms with Crippen LogP contribution in [-0.2, 0) is 15.8 Å². The lowest BCUT2D eigenvalue weighted by molar-refractivity contribution is 0.145. The zero-order valence-corrected chi connectivity index (χ0v) is 6.99. The minimum atomic E-state index is -1.95. The molecule has 0 heterocycles. The minimum Gasteiger partial charge on any atom is -0.772 e. The van der Waals surface area contributed by atoms with Crippen LogP contribution in [0.25, 0.3) is 0 Å². The molecular formula is C6H13O3S-. The molecule has 0 aromatic rings. The second-order valence-corrected chi connectivity index (χ2v) is 2.99. The van der Waals surface area contributed by atoms with Crippen molar-refractivity contribution in [3.05, 3.63) is 0 Å². The van der Waals surface area contributed by atoms with E-state index in [1.165, 1.54) is 0 Å². The van der Waals surface area contributed by atoms with Crippen LogP contribution >= 0.6 is 0 Å². The van der Waals surface area contributed by atoms with E-state index in [2.05, 4.69) is 6.92 Å². The van der Waals surface area contributed by atoms with Crippen LogP contribution < -0.4 is 0 Å². The summed E-state index contributed by atoms with van der Waals surface area (Å²) in [6.45, 7) is 3.07. The molecule has 0 radical (unpaired) electrons. The normalized spacial score (nSPS) is 13.4. The summed E-state index contributed by atoms with van der Waals surface area (Å²) in [5.74, 6) is 0.115. The molecule has 0 aromatic heterocycles. The Labute approximate surface area is 64.1 Å². The first-order valence-corrected chi connectivity index (χ1v) is 4.65. The molecule has 0 amide bonds. The van der Waals surface area contributed by atoms with Crippen LogP contribution in [0, 0.1) is 0 Å². The molecule has 0 saturated carbocycles. The van der Waals surface area contributed by atoms with Gasteiger partial charge in [-0.15, -0.1) is 0 Å². The van der Waals surface area contributed by atoms with Crippen molar-refractivity contribution in [2.45, 2.75) is 19.8 Å². The van der Waals surface area contributed by atoms with Crippen molar-refractivity contribution in [2.24, 2.45) is 0 Å². The Morgan fingerprint density at radius 2 is 2.20 bits per heavy atom. The first-order valence-electron chi connectivity index (χ1n) is 3.41. The summed E-state index contributed by atoms with van der Waals surface area (Å²) < 4.78 is 24.9. The quantitative estimate of drug-likeness (QED) is 0.429. The summed E-state index contributed by atoms with van der Waals surface area (Å²) in [5, 5.41) is 0. The highest BCUT2D eigenvalue weighted by atomic mass is 32.2. The highest BCUT2D eigenvalue weighted by molar-refractivity contribution is 7.79. The predicted molar refractivity (Wildman–Crippen MR) is 39.5 cm³/mol. The Morgan fingerprint density at radius 3 is 2.70 bits per heavy atom. The lowest BCUT2D eigenvalue weighted by Crippen LogP contribution is -2.05. The topological polar surface area (TPSA) is 49.4 Å². The van der Waals surface area contributed by atoms with Crippen LogP contribution in [0.3, 0.4) is 0 Å². The third-order valence-electron chi connectivity index (χ3n) is 1.04. The minimum absolute atomic E-state index is 0.115. The lowest BCUT2D eigenvalue weighted by Gasteiger charge is -2.04. The van der Waals surface area contributed by atoms with Gasteiger partial charge in [0, 0.05) is 12.4 Å². The Kier molecular flexibility index (Phi) is 7.23. The van der Waals surface area contributed by atoms with Crippen LogP contribution in [0.15, 0.2) is 0 Å². The fourth-order valence-electron chi connectivity index (χ4n) is 0.475. The van der Waals surface area contributed by atoms with Crippen LogP contribution in [0.1, 0.15) is 19.8 Å². The number of hydrogen-bond acceptors (Lipinski definition) is 3. The molecule has 0 saturated heterocycles. The maximum Gasteiger partial charge on any atom is 0.0570 e. The number of ether oxygens (including phenoxy) is 1. The monoisotopic (exact) mass is 165 g/mol. The third kappa shape index (κ3) is 8.07. The molecule has 62 valence electrons. The highest BCUT2D eigenvalue weighted by Gasteiger charge is 1.86. The Bertz CT molecular complexity index is 95.0. The summed E-state index contributed by atoms with van der Waals surface area (Å²) in [4.78, 5) is 0. The van der Waals surface area contributed by atoms with Crippen LogP contribution in [-0.4, -0.2) is 27.7 Å². The van der Waals surface area contributed by atoms with Gasteiger partial charge >= 0.3 is 0 Å². The molecule has 10 heavy (non-hydrogen) atoms. The van der Waals surface area contributed by atoms with Gasteiger partial charge in [0.05, 0.1) is 6.61 Å². The molecule has 0 aromatic carbocycles. The molecule has 0 rings (SSSR count). The van der Waals surface area contributed by atoms with E-state index in [-0.39, 0.29) is 5.75 Å². The number of rotatable bonds is 6. The van der Waals surface area contributed by atoms with Crippen LogP contribution in [0.2, 0.25) is 0 Å². The van der Waals surface area contributed by atoms with Crippen molar-refractivity contribution in [3.8, 4) is 0 Å².